The predicted octanol–water partition coefficient (Wildman–Crippen LogP) is -0.536. The van der Waals surface area contributed by atoms with Gasteiger partial charge in [0, 0.05) is 25.7 Å². The normalized spacial score (nSPS) is 31.7. The molecule has 0 spiro atoms. The Kier molecular flexibility index (Phi) is 3.72. The first-order chi connectivity index (χ1) is 7.31. The standard InChI is InChI=1S/C11H20N3O/c1-13-5-2-10(3-6-13)14-7-4-12-8-11(14)9-15/h10-12H,2-8H2,1H3. The van der Waals surface area contributed by atoms with Crippen LogP contribution in [0.15, 0.2) is 0 Å². The van der Waals surface area contributed by atoms with Gasteiger partial charge in [-0.05, 0) is 33.0 Å². The number of nitrogens with zero attached hydrogens (tertiary/aromatic N) is 2. The molecule has 85 valence electrons. The van der Waals surface area contributed by atoms with Crippen LogP contribution in [0.4, 0.5) is 0 Å². The van der Waals surface area contributed by atoms with Crippen molar-refractivity contribution < 1.29 is 4.79 Å². The monoisotopic (exact) mass is 210 g/mol. The topological polar surface area (TPSA) is 35.6 Å². The molecular formula is C11H20N3O. The number of rotatable bonds is 2. The van der Waals surface area contributed by atoms with Crippen molar-refractivity contribution in [2.45, 2.75) is 24.9 Å². The molecule has 0 aromatic carbocycles. The Labute approximate surface area is 91.6 Å². The lowest BCUT2D eigenvalue weighted by molar-refractivity contribution is 0.0882. The fraction of sp³-hybridized carbons (Fsp3) is 0.909. The van der Waals surface area contributed by atoms with Gasteiger partial charge in [-0.25, -0.2) is 0 Å². The summed E-state index contributed by atoms with van der Waals surface area (Å²) in [4.78, 5) is 15.6. The van der Waals surface area contributed by atoms with Crippen molar-refractivity contribution in [2.75, 3.05) is 39.8 Å². The van der Waals surface area contributed by atoms with E-state index < -0.39 is 0 Å². The van der Waals surface area contributed by atoms with E-state index in [-0.39, 0.29) is 6.04 Å². The highest BCUT2D eigenvalue weighted by Gasteiger charge is 2.30. The van der Waals surface area contributed by atoms with Crippen LogP contribution in [0.2, 0.25) is 0 Å². The van der Waals surface area contributed by atoms with E-state index in [2.05, 4.69) is 28.5 Å². The van der Waals surface area contributed by atoms with E-state index in [1.807, 2.05) is 0 Å². The summed E-state index contributed by atoms with van der Waals surface area (Å²) < 4.78 is 0. The minimum Gasteiger partial charge on any atom is -0.313 e. The number of piperazine rings is 1. The van der Waals surface area contributed by atoms with E-state index in [0.29, 0.717) is 6.04 Å². The van der Waals surface area contributed by atoms with Crippen molar-refractivity contribution in [1.82, 2.24) is 15.1 Å². The molecule has 4 heteroatoms. The first-order valence-corrected chi connectivity index (χ1v) is 5.84. The van der Waals surface area contributed by atoms with Crippen LogP contribution in [0, 0.1) is 0 Å². The Hall–Kier alpha value is -0.450. The van der Waals surface area contributed by atoms with Crippen LogP contribution < -0.4 is 5.32 Å². The summed E-state index contributed by atoms with van der Waals surface area (Å²) in [6.07, 6.45) is 4.54. The van der Waals surface area contributed by atoms with Crippen LogP contribution in [0.25, 0.3) is 0 Å². The zero-order valence-electron chi connectivity index (χ0n) is 9.41. The molecule has 2 heterocycles. The van der Waals surface area contributed by atoms with Gasteiger partial charge in [-0.15, -0.1) is 0 Å². The van der Waals surface area contributed by atoms with Crippen molar-refractivity contribution in [3.63, 3.8) is 0 Å². The zero-order valence-corrected chi connectivity index (χ0v) is 9.41. The van der Waals surface area contributed by atoms with Gasteiger partial charge in [-0.3, -0.25) is 9.69 Å². The molecule has 1 atom stereocenters. The summed E-state index contributed by atoms with van der Waals surface area (Å²) in [6, 6.07) is 0.571. The number of nitrogens with one attached hydrogen (secondary N) is 1. The summed E-state index contributed by atoms with van der Waals surface area (Å²) >= 11 is 0. The number of likely N-dealkylation sites (tertiary alicyclic amines) is 1. The Balaban J connectivity index is 1.92. The van der Waals surface area contributed by atoms with Gasteiger partial charge in [0.2, 0.25) is 6.29 Å². The smallest absolute Gasteiger partial charge is 0.218 e. The maximum atomic E-state index is 10.9. The summed E-state index contributed by atoms with van der Waals surface area (Å²) in [7, 11) is 2.16. The Morgan fingerprint density at radius 2 is 2.00 bits per heavy atom. The summed E-state index contributed by atoms with van der Waals surface area (Å²) in [5, 5.41) is 3.25. The van der Waals surface area contributed by atoms with Crippen LogP contribution in [0.5, 0.6) is 0 Å². The molecule has 1 N–H and O–H groups in total. The third-order valence-electron chi connectivity index (χ3n) is 3.58. The average Bonchev–Trinajstić information content (AvgIpc) is 2.30. The van der Waals surface area contributed by atoms with E-state index in [9.17, 15) is 4.79 Å². The van der Waals surface area contributed by atoms with E-state index in [0.717, 1.165) is 32.7 Å². The molecule has 2 saturated heterocycles. The summed E-state index contributed by atoms with van der Waals surface area (Å²) in [5.74, 6) is 0. The number of piperidine rings is 1. The first kappa shape index (κ1) is 11.0. The molecule has 2 aliphatic heterocycles. The molecule has 0 bridgehead atoms. The first-order valence-electron chi connectivity index (χ1n) is 5.84. The molecule has 4 nitrogen and oxygen atoms in total. The van der Waals surface area contributed by atoms with E-state index in [4.69, 9.17) is 0 Å². The highest BCUT2D eigenvalue weighted by molar-refractivity contribution is 5.59. The van der Waals surface area contributed by atoms with E-state index in [1.165, 1.54) is 12.8 Å². The van der Waals surface area contributed by atoms with Gasteiger partial charge in [0.1, 0.15) is 0 Å². The largest absolute Gasteiger partial charge is 0.313 e. The third kappa shape index (κ3) is 2.56. The van der Waals surface area contributed by atoms with Crippen molar-refractivity contribution in [3.8, 4) is 0 Å². The van der Waals surface area contributed by atoms with Gasteiger partial charge in [-0.1, -0.05) is 0 Å². The fourth-order valence-corrected chi connectivity index (χ4v) is 2.59. The Morgan fingerprint density at radius 1 is 1.27 bits per heavy atom. The summed E-state index contributed by atoms with van der Waals surface area (Å²) in [5.41, 5.74) is 0. The fourth-order valence-electron chi connectivity index (χ4n) is 2.59. The number of hydrogen-bond acceptors (Lipinski definition) is 4. The molecule has 15 heavy (non-hydrogen) atoms. The molecule has 2 rings (SSSR count). The van der Waals surface area contributed by atoms with Crippen LogP contribution in [0.3, 0.4) is 0 Å². The summed E-state index contributed by atoms with van der Waals surface area (Å²) in [6.45, 7) is 5.08. The molecule has 2 fully saturated rings. The third-order valence-corrected chi connectivity index (χ3v) is 3.58. The van der Waals surface area contributed by atoms with Crippen molar-refractivity contribution in [1.29, 1.82) is 0 Å². The van der Waals surface area contributed by atoms with E-state index in [1.54, 1.807) is 0 Å². The average molecular weight is 210 g/mol. The highest BCUT2D eigenvalue weighted by atomic mass is 16.1. The van der Waals surface area contributed by atoms with Crippen molar-refractivity contribution in [3.05, 3.63) is 0 Å². The maximum absolute atomic E-state index is 10.9. The molecule has 0 amide bonds. The zero-order chi connectivity index (χ0) is 10.7. The molecule has 1 unspecified atom stereocenters. The van der Waals surface area contributed by atoms with Crippen molar-refractivity contribution >= 4 is 6.29 Å². The van der Waals surface area contributed by atoms with Crippen molar-refractivity contribution in [2.24, 2.45) is 0 Å². The minimum atomic E-state index is -0.0212. The molecular weight excluding hydrogens is 190 g/mol. The van der Waals surface area contributed by atoms with Crippen LogP contribution >= 0.6 is 0 Å². The molecule has 2 aliphatic rings. The van der Waals surface area contributed by atoms with Gasteiger partial charge in [0.25, 0.3) is 0 Å². The van der Waals surface area contributed by atoms with Gasteiger partial charge >= 0.3 is 0 Å². The molecule has 0 aliphatic carbocycles. The van der Waals surface area contributed by atoms with Gasteiger partial charge in [0.05, 0.1) is 6.04 Å². The van der Waals surface area contributed by atoms with Gasteiger partial charge < -0.3 is 10.2 Å². The van der Waals surface area contributed by atoms with Crippen LogP contribution in [-0.4, -0.2) is 67.9 Å². The minimum absolute atomic E-state index is 0.0212. The Morgan fingerprint density at radius 3 is 2.67 bits per heavy atom. The number of hydrogen-bond donors (Lipinski definition) is 1. The predicted molar refractivity (Wildman–Crippen MR) is 59.6 cm³/mol. The second-order valence-corrected chi connectivity index (χ2v) is 4.61. The van der Waals surface area contributed by atoms with Crippen LogP contribution in [-0.2, 0) is 4.79 Å². The second kappa shape index (κ2) is 5.05. The van der Waals surface area contributed by atoms with Gasteiger partial charge in [-0.2, -0.15) is 0 Å². The molecule has 1 radical (unpaired) electrons. The molecule has 0 aromatic heterocycles. The lowest BCUT2D eigenvalue weighted by Gasteiger charge is -2.42. The molecule has 0 saturated carbocycles. The molecule has 0 aromatic rings. The second-order valence-electron chi connectivity index (χ2n) is 4.61. The maximum Gasteiger partial charge on any atom is 0.218 e. The Bertz CT molecular complexity index is 214. The quantitative estimate of drug-likeness (QED) is 0.664. The number of carbonyl (C=O) groups excluding carboxylic acids is 1. The SMILES string of the molecule is CN1CCC(N2CCNCC2[C]=O)CC1. The lowest BCUT2D eigenvalue weighted by Crippen LogP contribution is -2.57. The highest BCUT2D eigenvalue weighted by Crippen LogP contribution is 2.18. The lowest BCUT2D eigenvalue weighted by atomic mass is 10.0. The van der Waals surface area contributed by atoms with Crippen LogP contribution in [0.1, 0.15) is 12.8 Å². The van der Waals surface area contributed by atoms with E-state index >= 15 is 0 Å². The van der Waals surface area contributed by atoms with Gasteiger partial charge in [0.15, 0.2) is 0 Å².